The maximum atomic E-state index is 13.5. The van der Waals surface area contributed by atoms with Crippen LogP contribution >= 0.6 is 0 Å². The predicted molar refractivity (Wildman–Crippen MR) is 80.8 cm³/mol. The average molecular weight is 273 g/mol. The van der Waals surface area contributed by atoms with Crippen LogP contribution in [-0.4, -0.2) is 13.2 Å². The number of hydrogen-bond donors (Lipinski definition) is 1. The van der Waals surface area contributed by atoms with Gasteiger partial charge >= 0.3 is 0 Å². The van der Waals surface area contributed by atoms with E-state index in [1.165, 1.54) is 11.6 Å². The Bertz CT molecular complexity index is 539. The Hall–Kier alpha value is -2.03. The molecule has 0 radical (unpaired) electrons. The highest BCUT2D eigenvalue weighted by molar-refractivity contribution is 5.45. The van der Waals surface area contributed by atoms with Crippen molar-refractivity contribution < 1.29 is 9.13 Å². The zero-order valence-electron chi connectivity index (χ0n) is 11.9. The van der Waals surface area contributed by atoms with Crippen LogP contribution in [0.5, 0.6) is 5.75 Å². The largest absolute Gasteiger partial charge is 0.497 e. The minimum absolute atomic E-state index is 0.205. The molecular weight excluding hydrogens is 253 g/mol. The molecule has 0 unspecified atom stereocenters. The van der Waals surface area contributed by atoms with Gasteiger partial charge in [-0.05, 0) is 49.6 Å². The standard InChI is InChI=1S/C17H20FNO/c1-13(19-17-6-4-3-5-16(17)18)7-8-14-9-11-15(20-2)12-10-14/h3-6,9-13,19H,7-8H2,1-2H3/t13-/m1/s1. The average Bonchev–Trinajstić information content (AvgIpc) is 2.48. The van der Waals surface area contributed by atoms with E-state index in [0.29, 0.717) is 5.69 Å². The smallest absolute Gasteiger partial charge is 0.146 e. The lowest BCUT2D eigenvalue weighted by atomic mass is 10.1. The molecule has 0 aliphatic carbocycles. The number of rotatable bonds is 6. The summed E-state index contributed by atoms with van der Waals surface area (Å²) in [5.41, 5.74) is 1.82. The van der Waals surface area contributed by atoms with Gasteiger partial charge in [0.1, 0.15) is 11.6 Å². The van der Waals surface area contributed by atoms with Crippen molar-refractivity contribution in [1.82, 2.24) is 0 Å². The molecule has 0 bridgehead atoms. The molecule has 0 aromatic heterocycles. The minimum Gasteiger partial charge on any atom is -0.497 e. The summed E-state index contributed by atoms with van der Waals surface area (Å²) in [6.07, 6.45) is 1.90. The summed E-state index contributed by atoms with van der Waals surface area (Å²) in [5, 5.41) is 3.20. The molecule has 0 amide bonds. The molecule has 0 saturated carbocycles. The fourth-order valence-electron chi connectivity index (χ4n) is 2.09. The molecule has 1 N–H and O–H groups in total. The van der Waals surface area contributed by atoms with E-state index < -0.39 is 0 Å². The van der Waals surface area contributed by atoms with E-state index in [1.807, 2.05) is 18.2 Å². The van der Waals surface area contributed by atoms with E-state index in [9.17, 15) is 4.39 Å². The second-order valence-electron chi connectivity index (χ2n) is 4.91. The van der Waals surface area contributed by atoms with Gasteiger partial charge in [0, 0.05) is 6.04 Å². The van der Waals surface area contributed by atoms with E-state index in [-0.39, 0.29) is 11.9 Å². The summed E-state index contributed by atoms with van der Waals surface area (Å²) < 4.78 is 18.7. The molecule has 0 aliphatic heterocycles. The molecule has 0 fully saturated rings. The number of para-hydroxylation sites is 1. The number of nitrogens with one attached hydrogen (secondary N) is 1. The Balaban J connectivity index is 1.85. The summed E-state index contributed by atoms with van der Waals surface area (Å²) in [6, 6.07) is 15.0. The zero-order valence-corrected chi connectivity index (χ0v) is 11.9. The molecule has 3 heteroatoms. The first-order valence-corrected chi connectivity index (χ1v) is 6.83. The third-order valence-corrected chi connectivity index (χ3v) is 3.30. The van der Waals surface area contributed by atoms with Crippen molar-refractivity contribution in [3.05, 3.63) is 59.9 Å². The van der Waals surface area contributed by atoms with Crippen LogP contribution in [0.3, 0.4) is 0 Å². The molecule has 2 rings (SSSR count). The van der Waals surface area contributed by atoms with E-state index in [0.717, 1.165) is 18.6 Å². The van der Waals surface area contributed by atoms with E-state index >= 15 is 0 Å². The molecule has 0 heterocycles. The van der Waals surface area contributed by atoms with Crippen LogP contribution in [-0.2, 0) is 6.42 Å². The van der Waals surface area contributed by atoms with Crippen molar-refractivity contribution in [2.75, 3.05) is 12.4 Å². The van der Waals surface area contributed by atoms with Crippen LogP contribution < -0.4 is 10.1 Å². The second-order valence-corrected chi connectivity index (χ2v) is 4.91. The fraction of sp³-hybridized carbons (Fsp3) is 0.294. The Morgan fingerprint density at radius 2 is 1.80 bits per heavy atom. The van der Waals surface area contributed by atoms with Gasteiger partial charge in [0.05, 0.1) is 12.8 Å². The molecule has 0 aliphatic rings. The first-order chi connectivity index (χ1) is 9.69. The first kappa shape index (κ1) is 14.4. The quantitative estimate of drug-likeness (QED) is 0.848. The van der Waals surface area contributed by atoms with Gasteiger partial charge < -0.3 is 10.1 Å². The molecule has 20 heavy (non-hydrogen) atoms. The van der Waals surface area contributed by atoms with Gasteiger partial charge in [0.25, 0.3) is 0 Å². The number of methoxy groups -OCH3 is 1. The van der Waals surface area contributed by atoms with Crippen LogP contribution in [0.25, 0.3) is 0 Å². The second kappa shape index (κ2) is 6.94. The Morgan fingerprint density at radius 1 is 1.10 bits per heavy atom. The van der Waals surface area contributed by atoms with Gasteiger partial charge in [-0.15, -0.1) is 0 Å². The molecule has 1 atom stereocenters. The van der Waals surface area contributed by atoms with Gasteiger partial charge in [0.2, 0.25) is 0 Å². The Labute approximate surface area is 119 Å². The minimum atomic E-state index is -0.205. The van der Waals surface area contributed by atoms with Crippen molar-refractivity contribution >= 4 is 5.69 Å². The van der Waals surface area contributed by atoms with Crippen molar-refractivity contribution in [1.29, 1.82) is 0 Å². The van der Waals surface area contributed by atoms with Crippen LogP contribution in [0.15, 0.2) is 48.5 Å². The number of halogens is 1. The lowest BCUT2D eigenvalue weighted by molar-refractivity contribution is 0.414. The summed E-state index contributed by atoms with van der Waals surface area (Å²) in [7, 11) is 1.66. The summed E-state index contributed by atoms with van der Waals surface area (Å²) in [5.74, 6) is 0.662. The Morgan fingerprint density at radius 3 is 2.45 bits per heavy atom. The molecule has 2 aromatic carbocycles. The highest BCUT2D eigenvalue weighted by Crippen LogP contribution is 2.17. The van der Waals surface area contributed by atoms with Crippen molar-refractivity contribution in [3.8, 4) is 5.75 Å². The van der Waals surface area contributed by atoms with E-state index in [4.69, 9.17) is 4.74 Å². The Kier molecular flexibility index (Phi) is 4.99. The molecule has 2 nitrogen and oxygen atoms in total. The van der Waals surface area contributed by atoms with Crippen molar-refractivity contribution in [2.45, 2.75) is 25.8 Å². The normalized spacial score (nSPS) is 11.9. The van der Waals surface area contributed by atoms with Gasteiger partial charge in [0.15, 0.2) is 0 Å². The van der Waals surface area contributed by atoms with Crippen LogP contribution in [0.2, 0.25) is 0 Å². The number of aryl methyl sites for hydroxylation is 1. The number of benzene rings is 2. The van der Waals surface area contributed by atoms with Gasteiger partial charge in [-0.3, -0.25) is 0 Å². The maximum Gasteiger partial charge on any atom is 0.146 e. The highest BCUT2D eigenvalue weighted by Gasteiger charge is 2.06. The predicted octanol–water partition coefficient (Wildman–Crippen LogP) is 4.27. The molecule has 0 saturated heterocycles. The van der Waals surface area contributed by atoms with E-state index in [1.54, 1.807) is 19.2 Å². The highest BCUT2D eigenvalue weighted by atomic mass is 19.1. The third-order valence-electron chi connectivity index (χ3n) is 3.30. The molecule has 106 valence electrons. The van der Waals surface area contributed by atoms with Crippen LogP contribution in [0.4, 0.5) is 10.1 Å². The van der Waals surface area contributed by atoms with Gasteiger partial charge in [-0.2, -0.15) is 0 Å². The third kappa shape index (κ3) is 3.98. The molecule has 0 spiro atoms. The summed E-state index contributed by atoms with van der Waals surface area (Å²) in [4.78, 5) is 0. The lowest BCUT2D eigenvalue weighted by Crippen LogP contribution is -2.16. The number of anilines is 1. The fourth-order valence-corrected chi connectivity index (χ4v) is 2.09. The van der Waals surface area contributed by atoms with Crippen molar-refractivity contribution in [3.63, 3.8) is 0 Å². The van der Waals surface area contributed by atoms with Gasteiger partial charge in [-0.25, -0.2) is 4.39 Å². The van der Waals surface area contributed by atoms with Crippen LogP contribution in [0, 0.1) is 5.82 Å². The zero-order chi connectivity index (χ0) is 14.4. The van der Waals surface area contributed by atoms with E-state index in [2.05, 4.69) is 24.4 Å². The monoisotopic (exact) mass is 273 g/mol. The lowest BCUT2D eigenvalue weighted by Gasteiger charge is -2.15. The first-order valence-electron chi connectivity index (χ1n) is 6.83. The summed E-state index contributed by atoms with van der Waals surface area (Å²) in [6.45, 7) is 2.07. The SMILES string of the molecule is COc1ccc(CC[C@@H](C)Nc2ccccc2F)cc1. The number of ether oxygens (including phenoxy) is 1. The van der Waals surface area contributed by atoms with Gasteiger partial charge in [-0.1, -0.05) is 24.3 Å². The van der Waals surface area contributed by atoms with Crippen LogP contribution in [0.1, 0.15) is 18.9 Å². The molecule has 2 aromatic rings. The maximum absolute atomic E-state index is 13.5. The topological polar surface area (TPSA) is 21.3 Å². The number of hydrogen-bond acceptors (Lipinski definition) is 2. The molecular formula is C17H20FNO. The van der Waals surface area contributed by atoms with Crippen molar-refractivity contribution in [2.24, 2.45) is 0 Å². The summed E-state index contributed by atoms with van der Waals surface area (Å²) >= 11 is 0.